The number of aryl methyl sites for hydroxylation is 1. The predicted octanol–water partition coefficient (Wildman–Crippen LogP) is 0.911. The first kappa shape index (κ1) is 13.2. The number of amides is 2. The van der Waals surface area contributed by atoms with E-state index in [4.69, 9.17) is 5.73 Å². The van der Waals surface area contributed by atoms with Crippen LogP contribution >= 0.6 is 0 Å². The smallest absolute Gasteiger partial charge is 0.317 e. The van der Waals surface area contributed by atoms with Gasteiger partial charge < -0.3 is 16.0 Å². The molecule has 0 aliphatic carbocycles. The number of urea groups is 1. The third kappa shape index (κ3) is 2.88. The Kier molecular flexibility index (Phi) is 3.78. The fourth-order valence-electron chi connectivity index (χ4n) is 3.13. The molecule has 108 valence electrons. The SMILES string of the molecule is Nc1cccc(CCCN2CCN3C(=O)NCC3C2)c1. The molecule has 2 saturated heterocycles. The van der Waals surface area contributed by atoms with Crippen LogP contribution in [0.15, 0.2) is 24.3 Å². The summed E-state index contributed by atoms with van der Waals surface area (Å²) in [5.41, 5.74) is 7.94. The van der Waals surface area contributed by atoms with Gasteiger partial charge in [-0.2, -0.15) is 0 Å². The van der Waals surface area contributed by atoms with Crippen molar-refractivity contribution in [2.45, 2.75) is 18.9 Å². The van der Waals surface area contributed by atoms with Gasteiger partial charge in [-0.05, 0) is 37.1 Å². The highest BCUT2D eigenvalue weighted by Gasteiger charge is 2.34. The second kappa shape index (κ2) is 5.71. The third-order valence-electron chi connectivity index (χ3n) is 4.21. The highest BCUT2D eigenvalue weighted by molar-refractivity contribution is 5.77. The monoisotopic (exact) mass is 274 g/mol. The number of nitrogen functional groups attached to an aromatic ring is 1. The number of hydrogen-bond donors (Lipinski definition) is 2. The van der Waals surface area contributed by atoms with Gasteiger partial charge in [0.1, 0.15) is 0 Å². The zero-order chi connectivity index (χ0) is 13.9. The van der Waals surface area contributed by atoms with Crippen molar-refractivity contribution in [1.29, 1.82) is 0 Å². The van der Waals surface area contributed by atoms with E-state index in [0.717, 1.165) is 51.3 Å². The summed E-state index contributed by atoms with van der Waals surface area (Å²) in [4.78, 5) is 16.0. The van der Waals surface area contributed by atoms with Gasteiger partial charge in [0.25, 0.3) is 0 Å². The zero-order valence-corrected chi connectivity index (χ0v) is 11.7. The molecule has 3 rings (SSSR count). The summed E-state index contributed by atoms with van der Waals surface area (Å²) in [5.74, 6) is 0. The van der Waals surface area contributed by atoms with E-state index in [1.807, 2.05) is 17.0 Å². The summed E-state index contributed by atoms with van der Waals surface area (Å²) in [7, 11) is 0. The summed E-state index contributed by atoms with van der Waals surface area (Å²) in [6, 6.07) is 8.59. The zero-order valence-electron chi connectivity index (χ0n) is 11.7. The molecule has 0 saturated carbocycles. The van der Waals surface area contributed by atoms with E-state index in [1.54, 1.807) is 0 Å². The number of hydrogen-bond acceptors (Lipinski definition) is 3. The Morgan fingerprint density at radius 2 is 2.25 bits per heavy atom. The molecule has 2 aliphatic rings. The average molecular weight is 274 g/mol. The van der Waals surface area contributed by atoms with Gasteiger partial charge in [-0.25, -0.2) is 4.79 Å². The number of rotatable bonds is 4. The standard InChI is InChI=1S/C15H22N4O/c16-13-5-1-3-12(9-13)4-2-6-18-7-8-19-14(11-18)10-17-15(19)20/h1,3,5,9,14H,2,4,6-8,10-11,16H2,(H,17,20). The number of carbonyl (C=O) groups excluding carboxylic acids is 1. The Hall–Kier alpha value is -1.75. The van der Waals surface area contributed by atoms with Crippen LogP contribution < -0.4 is 11.1 Å². The van der Waals surface area contributed by atoms with Crippen molar-refractivity contribution < 1.29 is 4.79 Å². The van der Waals surface area contributed by atoms with Gasteiger partial charge in [-0.1, -0.05) is 12.1 Å². The Labute approximate surface area is 119 Å². The molecule has 5 nitrogen and oxygen atoms in total. The molecule has 0 aromatic heterocycles. The number of carbonyl (C=O) groups is 1. The lowest BCUT2D eigenvalue weighted by atomic mass is 10.1. The second-order valence-electron chi connectivity index (χ2n) is 5.68. The summed E-state index contributed by atoms with van der Waals surface area (Å²) < 4.78 is 0. The normalized spacial score (nSPS) is 22.7. The number of nitrogens with one attached hydrogen (secondary N) is 1. The molecule has 1 aromatic rings. The van der Waals surface area contributed by atoms with Crippen LogP contribution in [-0.4, -0.2) is 54.6 Å². The van der Waals surface area contributed by atoms with Crippen molar-refractivity contribution >= 4 is 11.7 Å². The Bertz CT molecular complexity index is 491. The number of anilines is 1. The van der Waals surface area contributed by atoms with Crippen LogP contribution in [0.3, 0.4) is 0 Å². The maximum Gasteiger partial charge on any atom is 0.317 e. The van der Waals surface area contributed by atoms with Gasteiger partial charge in [-0.3, -0.25) is 4.90 Å². The largest absolute Gasteiger partial charge is 0.399 e. The molecule has 20 heavy (non-hydrogen) atoms. The van der Waals surface area contributed by atoms with Crippen LogP contribution in [0.1, 0.15) is 12.0 Å². The van der Waals surface area contributed by atoms with Gasteiger partial charge in [0.15, 0.2) is 0 Å². The topological polar surface area (TPSA) is 61.6 Å². The molecule has 1 unspecified atom stereocenters. The molecule has 2 amide bonds. The first-order valence-corrected chi connectivity index (χ1v) is 7.33. The van der Waals surface area contributed by atoms with Crippen LogP contribution in [0.4, 0.5) is 10.5 Å². The van der Waals surface area contributed by atoms with Crippen LogP contribution in [0.5, 0.6) is 0 Å². The van der Waals surface area contributed by atoms with Crippen molar-refractivity contribution in [1.82, 2.24) is 15.1 Å². The van der Waals surface area contributed by atoms with Gasteiger partial charge in [-0.15, -0.1) is 0 Å². The van der Waals surface area contributed by atoms with E-state index in [0.29, 0.717) is 6.04 Å². The molecule has 2 fully saturated rings. The van der Waals surface area contributed by atoms with Crippen molar-refractivity contribution in [3.8, 4) is 0 Å². The molecule has 2 aliphatic heterocycles. The van der Waals surface area contributed by atoms with E-state index in [-0.39, 0.29) is 6.03 Å². The second-order valence-corrected chi connectivity index (χ2v) is 5.68. The lowest BCUT2D eigenvalue weighted by Gasteiger charge is -2.36. The molecule has 2 heterocycles. The summed E-state index contributed by atoms with van der Waals surface area (Å²) in [5, 5.41) is 2.92. The lowest BCUT2D eigenvalue weighted by Crippen LogP contribution is -2.52. The molecule has 1 aromatic carbocycles. The summed E-state index contributed by atoms with van der Waals surface area (Å²) in [6.07, 6.45) is 2.20. The number of nitrogens with zero attached hydrogens (tertiary/aromatic N) is 2. The summed E-state index contributed by atoms with van der Waals surface area (Å²) in [6.45, 7) is 4.73. The highest BCUT2D eigenvalue weighted by Crippen LogP contribution is 2.15. The number of piperazine rings is 1. The Morgan fingerprint density at radius 1 is 1.35 bits per heavy atom. The fourth-order valence-corrected chi connectivity index (χ4v) is 3.13. The van der Waals surface area contributed by atoms with Crippen LogP contribution in [0.2, 0.25) is 0 Å². The van der Waals surface area contributed by atoms with E-state index >= 15 is 0 Å². The first-order chi connectivity index (χ1) is 9.72. The minimum absolute atomic E-state index is 0.106. The van der Waals surface area contributed by atoms with Crippen molar-refractivity contribution in [2.75, 3.05) is 38.5 Å². The fraction of sp³-hybridized carbons (Fsp3) is 0.533. The van der Waals surface area contributed by atoms with E-state index in [9.17, 15) is 4.79 Å². The number of benzene rings is 1. The maximum atomic E-state index is 11.5. The van der Waals surface area contributed by atoms with Crippen molar-refractivity contribution in [3.63, 3.8) is 0 Å². The van der Waals surface area contributed by atoms with E-state index in [1.165, 1.54) is 5.56 Å². The number of fused-ring (bicyclic) bond motifs is 1. The van der Waals surface area contributed by atoms with Gasteiger partial charge >= 0.3 is 6.03 Å². The molecule has 5 heteroatoms. The Morgan fingerprint density at radius 3 is 3.10 bits per heavy atom. The molecule has 0 spiro atoms. The van der Waals surface area contributed by atoms with Gasteiger partial charge in [0.05, 0.1) is 6.04 Å². The molecule has 0 bridgehead atoms. The summed E-state index contributed by atoms with van der Waals surface area (Å²) >= 11 is 0. The van der Waals surface area contributed by atoms with E-state index < -0.39 is 0 Å². The van der Waals surface area contributed by atoms with Gasteiger partial charge in [0, 0.05) is 31.9 Å². The predicted molar refractivity (Wildman–Crippen MR) is 79.5 cm³/mol. The molecule has 3 N–H and O–H groups in total. The molecular weight excluding hydrogens is 252 g/mol. The van der Waals surface area contributed by atoms with E-state index in [2.05, 4.69) is 22.3 Å². The van der Waals surface area contributed by atoms with Crippen molar-refractivity contribution in [2.24, 2.45) is 0 Å². The van der Waals surface area contributed by atoms with Crippen LogP contribution in [-0.2, 0) is 6.42 Å². The maximum absolute atomic E-state index is 11.5. The third-order valence-corrected chi connectivity index (χ3v) is 4.21. The van der Waals surface area contributed by atoms with Gasteiger partial charge in [0.2, 0.25) is 0 Å². The van der Waals surface area contributed by atoms with Crippen molar-refractivity contribution in [3.05, 3.63) is 29.8 Å². The molecular formula is C15H22N4O. The lowest BCUT2D eigenvalue weighted by molar-refractivity contribution is 0.120. The minimum atomic E-state index is 0.106. The highest BCUT2D eigenvalue weighted by atomic mass is 16.2. The quantitative estimate of drug-likeness (QED) is 0.802. The van der Waals surface area contributed by atoms with Crippen LogP contribution in [0.25, 0.3) is 0 Å². The minimum Gasteiger partial charge on any atom is -0.399 e. The molecule has 0 radical (unpaired) electrons. The van der Waals surface area contributed by atoms with Crippen LogP contribution in [0, 0.1) is 0 Å². The average Bonchev–Trinajstić information content (AvgIpc) is 2.80. The Balaban J connectivity index is 1.44. The molecule has 1 atom stereocenters. The number of nitrogens with two attached hydrogens (primary N) is 1. The first-order valence-electron chi connectivity index (χ1n) is 7.33.